The molecule has 0 bridgehead atoms. The summed E-state index contributed by atoms with van der Waals surface area (Å²) in [6.45, 7) is 0. The van der Waals surface area contributed by atoms with Gasteiger partial charge >= 0.3 is 5.97 Å². The minimum absolute atomic E-state index is 0.0210. The molecule has 1 amide bonds. The van der Waals surface area contributed by atoms with E-state index in [0.29, 0.717) is 16.7 Å². The number of nitrogens with one attached hydrogen (secondary N) is 1. The van der Waals surface area contributed by atoms with Crippen molar-refractivity contribution in [3.63, 3.8) is 0 Å². The monoisotopic (exact) mass is 536 g/mol. The van der Waals surface area contributed by atoms with Crippen LogP contribution in [0.4, 0.5) is 15.9 Å². The fourth-order valence-electron chi connectivity index (χ4n) is 3.86. The van der Waals surface area contributed by atoms with Gasteiger partial charge in [0.15, 0.2) is 17.1 Å². The average Bonchev–Trinajstić information content (AvgIpc) is 3.48. The van der Waals surface area contributed by atoms with Crippen molar-refractivity contribution < 1.29 is 32.0 Å². The van der Waals surface area contributed by atoms with Gasteiger partial charge in [-0.05, 0) is 42.5 Å². The number of hydrogen-bond donors (Lipinski definition) is 4. The van der Waals surface area contributed by atoms with E-state index in [1.165, 1.54) is 54.6 Å². The highest BCUT2D eigenvalue weighted by Gasteiger charge is 2.22. The highest BCUT2D eigenvalue weighted by molar-refractivity contribution is 7.89. The summed E-state index contributed by atoms with van der Waals surface area (Å²) >= 11 is 0. The molecule has 14 heteroatoms. The molecule has 0 aliphatic carbocycles. The number of nitrogen functional groups attached to an aromatic ring is 1. The Morgan fingerprint density at radius 1 is 1.03 bits per heavy atom. The van der Waals surface area contributed by atoms with Crippen LogP contribution in [-0.4, -0.2) is 40.3 Å². The van der Waals surface area contributed by atoms with E-state index in [4.69, 9.17) is 15.4 Å². The van der Waals surface area contributed by atoms with Crippen LogP contribution in [0.2, 0.25) is 0 Å². The first-order valence-electron chi connectivity index (χ1n) is 10.7. The molecule has 2 heterocycles. The van der Waals surface area contributed by atoms with E-state index >= 15 is 4.39 Å². The van der Waals surface area contributed by atoms with Crippen LogP contribution >= 0.6 is 0 Å². The van der Waals surface area contributed by atoms with Gasteiger partial charge in [-0.3, -0.25) is 4.79 Å². The quantitative estimate of drug-likeness (QED) is 0.252. The van der Waals surface area contributed by atoms with Gasteiger partial charge in [0.2, 0.25) is 10.0 Å². The molecule has 5 rings (SSSR count). The van der Waals surface area contributed by atoms with Crippen LogP contribution < -0.4 is 16.2 Å². The van der Waals surface area contributed by atoms with Crippen LogP contribution in [0.5, 0.6) is 0 Å². The Labute approximate surface area is 213 Å². The van der Waals surface area contributed by atoms with E-state index < -0.39 is 33.4 Å². The topological polar surface area (TPSA) is 196 Å². The van der Waals surface area contributed by atoms with Crippen molar-refractivity contribution in [3.05, 3.63) is 83.9 Å². The van der Waals surface area contributed by atoms with E-state index in [9.17, 15) is 23.1 Å². The Hall–Kier alpha value is -5.08. The van der Waals surface area contributed by atoms with Crippen molar-refractivity contribution in [2.45, 2.75) is 4.90 Å². The fraction of sp³-hybridized carbons (Fsp3) is 0. The third kappa shape index (κ3) is 4.44. The molecule has 3 aromatic carbocycles. The number of primary sulfonamides is 1. The highest BCUT2D eigenvalue weighted by atomic mass is 32.2. The van der Waals surface area contributed by atoms with Gasteiger partial charge in [0, 0.05) is 22.9 Å². The molecule has 0 unspecified atom stereocenters. The van der Waals surface area contributed by atoms with Crippen LogP contribution in [0.3, 0.4) is 0 Å². The zero-order valence-electron chi connectivity index (χ0n) is 19.1. The molecule has 6 N–H and O–H groups in total. The van der Waals surface area contributed by atoms with Gasteiger partial charge in [-0.15, -0.1) is 0 Å². The zero-order valence-corrected chi connectivity index (χ0v) is 19.9. The standard InChI is InChI=1S/C24H17FN6O6S/c25-17-9-12(5-7-14(17)15-3-1-2-4-21(15)38(27,35)36)28-23(32)19-11-18(24(33)34)29-31(19)13-6-8-20-16(10-13)22(26)30-37-20/h1-11H,(H2,26,30)(H,28,32)(H,33,34)(H2,27,35,36). The van der Waals surface area contributed by atoms with Gasteiger partial charge in [-0.1, -0.05) is 23.4 Å². The van der Waals surface area contributed by atoms with Gasteiger partial charge in [0.25, 0.3) is 5.91 Å². The van der Waals surface area contributed by atoms with Gasteiger partial charge < -0.3 is 20.7 Å². The lowest BCUT2D eigenvalue weighted by atomic mass is 10.0. The Bertz CT molecular complexity index is 1860. The average molecular weight is 537 g/mol. The Balaban J connectivity index is 1.50. The maximum Gasteiger partial charge on any atom is 0.356 e. The summed E-state index contributed by atoms with van der Waals surface area (Å²) in [5, 5.41) is 25.2. The predicted molar refractivity (Wildman–Crippen MR) is 134 cm³/mol. The number of halogens is 1. The van der Waals surface area contributed by atoms with Crippen LogP contribution in [0.1, 0.15) is 21.0 Å². The number of carbonyl (C=O) groups excluding carboxylic acids is 1. The number of aromatic carboxylic acids is 1. The van der Waals surface area contributed by atoms with Crippen molar-refractivity contribution in [2.75, 3.05) is 11.1 Å². The summed E-state index contributed by atoms with van der Waals surface area (Å²) in [6, 6.07) is 14.9. The SMILES string of the molecule is Nc1noc2ccc(-n3nc(C(=O)O)cc3C(=O)Nc3ccc(-c4ccccc4S(N)(=O)=O)c(F)c3)cc12. The number of amides is 1. The van der Waals surface area contributed by atoms with Crippen LogP contribution in [0.15, 0.2) is 76.1 Å². The lowest BCUT2D eigenvalue weighted by molar-refractivity contribution is 0.0689. The Morgan fingerprint density at radius 3 is 2.50 bits per heavy atom. The number of carboxylic acids is 1. The summed E-state index contributed by atoms with van der Waals surface area (Å²) in [4.78, 5) is 24.4. The lowest BCUT2D eigenvalue weighted by Crippen LogP contribution is -2.17. The zero-order chi connectivity index (χ0) is 27.2. The number of nitrogens with two attached hydrogens (primary N) is 2. The van der Waals surface area contributed by atoms with E-state index in [1.807, 2.05) is 0 Å². The molecule has 0 saturated carbocycles. The summed E-state index contributed by atoms with van der Waals surface area (Å²) in [6.07, 6.45) is 0. The molecule has 12 nitrogen and oxygen atoms in total. The number of benzene rings is 3. The number of hydrogen-bond acceptors (Lipinski definition) is 8. The summed E-state index contributed by atoms with van der Waals surface area (Å²) in [7, 11) is -4.12. The molecular weight excluding hydrogens is 519 g/mol. The Morgan fingerprint density at radius 2 is 1.79 bits per heavy atom. The highest BCUT2D eigenvalue weighted by Crippen LogP contribution is 2.31. The second kappa shape index (κ2) is 9.10. The first kappa shape index (κ1) is 24.6. The maximum absolute atomic E-state index is 15.1. The van der Waals surface area contributed by atoms with Crippen molar-refractivity contribution in [3.8, 4) is 16.8 Å². The molecule has 38 heavy (non-hydrogen) atoms. The summed E-state index contributed by atoms with van der Waals surface area (Å²) in [5.41, 5.74) is 5.92. The van der Waals surface area contributed by atoms with Gasteiger partial charge in [0.1, 0.15) is 11.5 Å². The van der Waals surface area contributed by atoms with Crippen molar-refractivity contribution in [1.29, 1.82) is 0 Å². The molecule has 0 aliphatic rings. The first-order valence-corrected chi connectivity index (χ1v) is 12.3. The van der Waals surface area contributed by atoms with Crippen LogP contribution in [-0.2, 0) is 10.0 Å². The van der Waals surface area contributed by atoms with Gasteiger partial charge in [-0.25, -0.2) is 27.4 Å². The second-order valence-corrected chi connectivity index (χ2v) is 9.60. The van der Waals surface area contributed by atoms with Crippen molar-refractivity contribution >= 4 is 44.4 Å². The van der Waals surface area contributed by atoms with E-state index in [2.05, 4.69) is 15.6 Å². The number of nitrogens with zero attached hydrogens (tertiary/aromatic N) is 3. The van der Waals surface area contributed by atoms with Gasteiger partial charge in [-0.2, -0.15) is 5.10 Å². The number of sulfonamides is 1. The normalized spacial score (nSPS) is 11.5. The molecule has 0 aliphatic heterocycles. The molecule has 5 aromatic rings. The third-order valence-corrected chi connectivity index (χ3v) is 6.57. The predicted octanol–water partition coefficient (Wildman–Crippen LogP) is 3.00. The molecule has 0 spiro atoms. The maximum atomic E-state index is 15.1. The molecule has 0 saturated heterocycles. The molecular formula is C24H17FN6O6S. The number of anilines is 2. The minimum Gasteiger partial charge on any atom is -0.476 e. The van der Waals surface area contributed by atoms with Gasteiger partial charge in [0.05, 0.1) is 16.0 Å². The minimum atomic E-state index is -4.12. The van der Waals surface area contributed by atoms with E-state index in [1.54, 1.807) is 0 Å². The van der Waals surface area contributed by atoms with Crippen LogP contribution in [0, 0.1) is 5.82 Å². The number of carboxylic acid groups (broad SMARTS) is 1. The molecule has 0 radical (unpaired) electrons. The Kier molecular flexibility index (Phi) is 5.89. The summed E-state index contributed by atoms with van der Waals surface area (Å²) in [5.74, 6) is -2.89. The lowest BCUT2D eigenvalue weighted by Gasteiger charge is -2.12. The number of fused-ring (bicyclic) bond motifs is 1. The van der Waals surface area contributed by atoms with E-state index in [-0.39, 0.29) is 33.2 Å². The first-order chi connectivity index (χ1) is 18.0. The van der Waals surface area contributed by atoms with E-state index in [0.717, 1.165) is 16.8 Å². The summed E-state index contributed by atoms with van der Waals surface area (Å²) < 4.78 is 45.0. The number of rotatable bonds is 6. The molecule has 192 valence electrons. The second-order valence-electron chi connectivity index (χ2n) is 8.07. The largest absolute Gasteiger partial charge is 0.476 e. The van der Waals surface area contributed by atoms with Crippen molar-refractivity contribution in [2.24, 2.45) is 5.14 Å². The fourth-order valence-corrected chi connectivity index (χ4v) is 4.62. The third-order valence-electron chi connectivity index (χ3n) is 5.60. The van der Waals surface area contributed by atoms with Crippen molar-refractivity contribution in [1.82, 2.24) is 14.9 Å². The molecule has 0 fully saturated rings. The molecule has 0 atom stereocenters. The number of carbonyl (C=O) groups is 2. The molecule has 2 aromatic heterocycles. The van der Waals surface area contributed by atoms with Crippen LogP contribution in [0.25, 0.3) is 27.8 Å². The number of aromatic nitrogens is 3. The smallest absolute Gasteiger partial charge is 0.356 e.